The quantitative estimate of drug-likeness (QED) is 0.690. The molecule has 0 aromatic heterocycles. The number of ether oxygens (including phenoxy) is 1. The van der Waals surface area contributed by atoms with E-state index >= 15 is 0 Å². The zero-order valence-corrected chi connectivity index (χ0v) is 16.9. The van der Waals surface area contributed by atoms with Gasteiger partial charge in [-0.25, -0.2) is 4.39 Å². The van der Waals surface area contributed by atoms with Crippen LogP contribution >= 0.6 is 0 Å². The van der Waals surface area contributed by atoms with Crippen molar-refractivity contribution in [2.24, 2.45) is 5.92 Å². The van der Waals surface area contributed by atoms with Crippen LogP contribution in [0.5, 0.6) is 5.75 Å². The van der Waals surface area contributed by atoms with Gasteiger partial charge >= 0.3 is 5.97 Å². The first kappa shape index (κ1) is 21.6. The van der Waals surface area contributed by atoms with Gasteiger partial charge < -0.3 is 20.1 Å². The number of nitrogens with zero attached hydrogens (tertiary/aromatic N) is 2. The average Bonchev–Trinajstić information content (AvgIpc) is 2.75. The minimum Gasteiger partial charge on any atom is -0.495 e. The molecule has 1 aliphatic rings. The highest BCUT2D eigenvalue weighted by atomic mass is 19.1. The molecule has 1 saturated heterocycles. The Labute approximate surface area is 175 Å². The Morgan fingerprint density at radius 1 is 1.10 bits per heavy atom. The van der Waals surface area contributed by atoms with Crippen LogP contribution in [0.3, 0.4) is 0 Å². The lowest BCUT2D eigenvalue weighted by Gasteiger charge is -2.37. The number of carbonyl (C=O) groups is 2. The van der Waals surface area contributed by atoms with E-state index in [1.165, 1.54) is 24.3 Å². The van der Waals surface area contributed by atoms with Crippen LogP contribution in [0.4, 0.5) is 15.8 Å². The van der Waals surface area contributed by atoms with Gasteiger partial charge in [-0.3, -0.25) is 14.5 Å². The fourth-order valence-electron chi connectivity index (χ4n) is 3.57. The van der Waals surface area contributed by atoms with E-state index in [9.17, 15) is 19.1 Å². The molecule has 3 rings (SSSR count). The van der Waals surface area contributed by atoms with Crippen LogP contribution in [0.1, 0.15) is 6.42 Å². The highest BCUT2D eigenvalue weighted by molar-refractivity contribution is 5.93. The zero-order valence-electron chi connectivity index (χ0n) is 16.9. The summed E-state index contributed by atoms with van der Waals surface area (Å²) in [6.07, 6.45) is -0.139. The Morgan fingerprint density at radius 3 is 2.40 bits per heavy atom. The molecule has 0 saturated carbocycles. The van der Waals surface area contributed by atoms with Crippen molar-refractivity contribution >= 4 is 23.3 Å². The van der Waals surface area contributed by atoms with Crippen LogP contribution in [0.15, 0.2) is 48.5 Å². The average molecular weight is 415 g/mol. The molecule has 1 unspecified atom stereocenters. The van der Waals surface area contributed by atoms with Crippen molar-refractivity contribution in [1.29, 1.82) is 0 Å². The number of rotatable bonds is 8. The molecule has 0 aliphatic carbocycles. The predicted octanol–water partition coefficient (Wildman–Crippen LogP) is 2.69. The number of benzene rings is 2. The second-order valence-electron chi connectivity index (χ2n) is 7.25. The van der Waals surface area contributed by atoms with E-state index in [1.54, 1.807) is 7.11 Å². The van der Waals surface area contributed by atoms with Crippen LogP contribution in [-0.4, -0.2) is 61.7 Å². The van der Waals surface area contributed by atoms with Crippen LogP contribution in [0.2, 0.25) is 0 Å². The van der Waals surface area contributed by atoms with Gasteiger partial charge in [-0.1, -0.05) is 12.1 Å². The summed E-state index contributed by atoms with van der Waals surface area (Å²) in [4.78, 5) is 28.2. The summed E-state index contributed by atoms with van der Waals surface area (Å²) in [6.45, 7) is 3.18. The Bertz CT molecular complexity index is 867. The molecule has 1 heterocycles. The van der Waals surface area contributed by atoms with Gasteiger partial charge in [-0.15, -0.1) is 0 Å². The third-order valence-corrected chi connectivity index (χ3v) is 5.19. The van der Waals surface area contributed by atoms with Crippen LogP contribution < -0.4 is 15.0 Å². The van der Waals surface area contributed by atoms with E-state index in [4.69, 9.17) is 4.74 Å². The molecule has 0 radical (unpaired) electrons. The summed E-state index contributed by atoms with van der Waals surface area (Å²) in [7, 11) is 1.64. The number of para-hydroxylation sites is 2. The van der Waals surface area contributed by atoms with Gasteiger partial charge in [-0.05, 0) is 36.4 Å². The number of piperazine rings is 1. The summed E-state index contributed by atoms with van der Waals surface area (Å²) < 4.78 is 18.4. The van der Waals surface area contributed by atoms with E-state index < -0.39 is 23.6 Å². The van der Waals surface area contributed by atoms with Crippen molar-refractivity contribution < 1.29 is 23.8 Å². The molecular formula is C22H26FN3O4. The zero-order chi connectivity index (χ0) is 21.5. The van der Waals surface area contributed by atoms with Crippen LogP contribution in [0.25, 0.3) is 0 Å². The van der Waals surface area contributed by atoms with E-state index in [0.717, 1.165) is 24.5 Å². The number of halogens is 1. The summed E-state index contributed by atoms with van der Waals surface area (Å²) in [5.41, 5.74) is 1.46. The monoisotopic (exact) mass is 415 g/mol. The maximum absolute atomic E-state index is 13.0. The maximum atomic E-state index is 13.0. The molecule has 160 valence electrons. The molecule has 2 aromatic carbocycles. The molecule has 1 aliphatic heterocycles. The normalized spacial score (nSPS) is 15.5. The lowest BCUT2D eigenvalue weighted by molar-refractivity contribution is -0.144. The van der Waals surface area contributed by atoms with Crippen LogP contribution in [0, 0.1) is 11.7 Å². The number of carboxylic acids is 1. The second-order valence-corrected chi connectivity index (χ2v) is 7.25. The summed E-state index contributed by atoms with van der Waals surface area (Å²) in [5.74, 6) is -1.81. The molecule has 30 heavy (non-hydrogen) atoms. The topological polar surface area (TPSA) is 82.1 Å². The molecule has 2 N–H and O–H groups in total. The molecule has 0 bridgehead atoms. The molecule has 2 aromatic rings. The Kier molecular flexibility index (Phi) is 7.24. The second kappa shape index (κ2) is 10.1. The van der Waals surface area contributed by atoms with Gasteiger partial charge in [0.1, 0.15) is 11.6 Å². The van der Waals surface area contributed by atoms with Crippen molar-refractivity contribution in [3.05, 3.63) is 54.3 Å². The van der Waals surface area contributed by atoms with Crippen molar-refractivity contribution in [2.45, 2.75) is 6.42 Å². The molecule has 1 atom stereocenters. The maximum Gasteiger partial charge on any atom is 0.308 e. The van der Waals surface area contributed by atoms with Gasteiger partial charge in [0.05, 0.1) is 18.7 Å². The Hall–Kier alpha value is -3.13. The largest absolute Gasteiger partial charge is 0.495 e. The molecule has 7 nitrogen and oxygen atoms in total. The molecule has 0 spiro atoms. The van der Waals surface area contributed by atoms with E-state index in [-0.39, 0.29) is 6.42 Å². The van der Waals surface area contributed by atoms with Gasteiger partial charge in [0, 0.05) is 44.8 Å². The number of anilines is 2. The number of amides is 1. The van der Waals surface area contributed by atoms with Crippen LogP contribution in [-0.2, 0) is 9.59 Å². The third kappa shape index (κ3) is 5.70. The van der Waals surface area contributed by atoms with Gasteiger partial charge in [0.2, 0.25) is 5.91 Å². The smallest absolute Gasteiger partial charge is 0.308 e. The number of carboxylic acid groups (broad SMARTS) is 1. The Morgan fingerprint density at radius 2 is 1.77 bits per heavy atom. The van der Waals surface area contributed by atoms with Crippen molar-refractivity contribution in [3.8, 4) is 5.75 Å². The van der Waals surface area contributed by atoms with Gasteiger partial charge in [0.15, 0.2) is 0 Å². The fourth-order valence-corrected chi connectivity index (χ4v) is 3.57. The molecule has 8 heteroatoms. The number of hydrogen-bond donors (Lipinski definition) is 2. The van der Waals surface area contributed by atoms with Crippen molar-refractivity contribution in [2.75, 3.05) is 50.1 Å². The Balaban J connectivity index is 1.53. The van der Waals surface area contributed by atoms with Crippen molar-refractivity contribution in [1.82, 2.24) is 4.90 Å². The number of methoxy groups -OCH3 is 1. The van der Waals surface area contributed by atoms with E-state index in [1.807, 2.05) is 24.3 Å². The minimum absolute atomic E-state index is 0.139. The SMILES string of the molecule is COc1ccccc1N1CCN(CC(CC(=O)Nc2ccc(F)cc2)C(=O)O)CC1. The minimum atomic E-state index is -1.00. The molecular weight excluding hydrogens is 389 g/mol. The summed E-state index contributed by atoms with van der Waals surface area (Å²) >= 11 is 0. The number of hydrogen-bond acceptors (Lipinski definition) is 5. The summed E-state index contributed by atoms with van der Waals surface area (Å²) in [5, 5.41) is 12.2. The first-order valence-electron chi connectivity index (χ1n) is 9.85. The highest BCUT2D eigenvalue weighted by Crippen LogP contribution is 2.28. The van der Waals surface area contributed by atoms with Crippen molar-refractivity contribution in [3.63, 3.8) is 0 Å². The molecule has 1 amide bonds. The standard InChI is InChI=1S/C22H26FN3O4/c1-30-20-5-3-2-4-19(20)26-12-10-25(11-13-26)15-16(22(28)29)14-21(27)24-18-8-6-17(23)7-9-18/h2-9,16H,10-15H2,1H3,(H,24,27)(H,28,29). The highest BCUT2D eigenvalue weighted by Gasteiger charge is 2.27. The summed E-state index contributed by atoms with van der Waals surface area (Å²) in [6, 6.07) is 13.2. The molecule has 1 fully saturated rings. The predicted molar refractivity (Wildman–Crippen MR) is 112 cm³/mol. The van der Waals surface area contributed by atoms with E-state index in [0.29, 0.717) is 25.3 Å². The number of aliphatic carboxylic acids is 1. The number of nitrogens with one attached hydrogen (secondary N) is 1. The number of carbonyl (C=O) groups excluding carboxylic acids is 1. The fraction of sp³-hybridized carbons (Fsp3) is 0.364. The lowest BCUT2D eigenvalue weighted by atomic mass is 10.0. The first-order chi connectivity index (χ1) is 14.5. The van der Waals surface area contributed by atoms with Gasteiger partial charge in [0.25, 0.3) is 0 Å². The lowest BCUT2D eigenvalue weighted by Crippen LogP contribution is -2.49. The van der Waals surface area contributed by atoms with E-state index in [2.05, 4.69) is 15.1 Å². The van der Waals surface area contributed by atoms with Gasteiger partial charge in [-0.2, -0.15) is 0 Å². The third-order valence-electron chi connectivity index (χ3n) is 5.19. The first-order valence-corrected chi connectivity index (χ1v) is 9.85.